The van der Waals surface area contributed by atoms with Gasteiger partial charge in [0.05, 0.1) is 13.2 Å². The van der Waals surface area contributed by atoms with Gasteiger partial charge in [0.2, 0.25) is 5.60 Å². The molecule has 4 aliphatic rings. The lowest BCUT2D eigenvalue weighted by atomic mass is 9.44. The molecule has 1 heterocycles. The Morgan fingerprint density at radius 1 is 1.32 bits per heavy atom. The number of carbonyl (C=O) groups excluding carboxylic acids is 2. The molecule has 158 valence electrons. The van der Waals surface area contributed by atoms with Crippen LogP contribution in [-0.4, -0.2) is 58.8 Å². The van der Waals surface area contributed by atoms with Crippen molar-refractivity contribution < 1.29 is 28.9 Å². The van der Waals surface area contributed by atoms with E-state index in [1.807, 2.05) is 0 Å². The van der Waals surface area contributed by atoms with Gasteiger partial charge < -0.3 is 19.3 Å². The zero-order chi connectivity index (χ0) is 21.1. The minimum Gasteiger partial charge on any atom is -0.464 e. The molecule has 2 bridgehead atoms. The Morgan fingerprint density at radius 3 is 2.36 bits per heavy atom. The van der Waals surface area contributed by atoms with Gasteiger partial charge in [-0.05, 0) is 64.7 Å². The summed E-state index contributed by atoms with van der Waals surface area (Å²) < 4.78 is 16.1. The average molecular weight is 395 g/mol. The van der Waals surface area contributed by atoms with Crippen LogP contribution in [0.5, 0.6) is 0 Å². The highest BCUT2D eigenvalue weighted by molar-refractivity contribution is 5.99. The van der Waals surface area contributed by atoms with Crippen molar-refractivity contribution in [1.82, 2.24) is 0 Å². The van der Waals surface area contributed by atoms with Crippen LogP contribution < -0.4 is 0 Å². The molecule has 7 heteroatoms. The molecule has 0 amide bonds. The van der Waals surface area contributed by atoms with Gasteiger partial charge in [0, 0.05) is 5.71 Å². The highest BCUT2D eigenvalue weighted by Crippen LogP contribution is 2.61. The van der Waals surface area contributed by atoms with E-state index in [0.717, 1.165) is 6.42 Å². The van der Waals surface area contributed by atoms with Crippen LogP contribution in [0.4, 0.5) is 0 Å². The second-order valence-corrected chi connectivity index (χ2v) is 10.1. The third-order valence-electron chi connectivity index (χ3n) is 6.61. The molecule has 1 aliphatic heterocycles. The number of esters is 2. The molecule has 0 radical (unpaired) electrons. The van der Waals surface area contributed by atoms with Gasteiger partial charge in [0.25, 0.3) is 0 Å². The summed E-state index contributed by atoms with van der Waals surface area (Å²) in [5.74, 6) is -0.791. The monoisotopic (exact) mass is 395 g/mol. The highest BCUT2D eigenvalue weighted by atomic mass is 16.6. The van der Waals surface area contributed by atoms with Crippen molar-refractivity contribution in [2.45, 2.75) is 84.2 Å². The maximum absolute atomic E-state index is 13.0. The summed E-state index contributed by atoms with van der Waals surface area (Å²) in [6.07, 6.45) is 1.53. The third kappa shape index (κ3) is 3.36. The Balaban J connectivity index is 1.96. The van der Waals surface area contributed by atoms with Crippen LogP contribution >= 0.6 is 0 Å². The van der Waals surface area contributed by atoms with E-state index in [-0.39, 0.29) is 24.5 Å². The minimum atomic E-state index is -1.46. The number of fused-ring (bicyclic) bond motifs is 2. The molecule has 0 aromatic heterocycles. The van der Waals surface area contributed by atoms with Crippen LogP contribution in [0.2, 0.25) is 0 Å². The Morgan fingerprint density at radius 2 is 1.93 bits per heavy atom. The van der Waals surface area contributed by atoms with Crippen LogP contribution in [0.25, 0.3) is 0 Å². The van der Waals surface area contributed by atoms with Gasteiger partial charge in [-0.1, -0.05) is 13.8 Å². The van der Waals surface area contributed by atoms with Crippen molar-refractivity contribution in [2.24, 2.45) is 22.2 Å². The zero-order valence-corrected chi connectivity index (χ0v) is 18.0. The Bertz CT molecular complexity index is 698. The van der Waals surface area contributed by atoms with Gasteiger partial charge in [-0.3, -0.25) is 4.99 Å². The number of epoxide rings is 1. The molecule has 3 saturated carbocycles. The molecule has 28 heavy (non-hydrogen) atoms. The fraction of sp³-hybridized carbons (Fsp3) is 0.857. The van der Waals surface area contributed by atoms with E-state index >= 15 is 0 Å². The molecular weight excluding hydrogens is 362 g/mol. The smallest absolute Gasteiger partial charge is 0.343 e. The van der Waals surface area contributed by atoms with Crippen molar-refractivity contribution in [3.63, 3.8) is 0 Å². The van der Waals surface area contributed by atoms with E-state index in [1.165, 1.54) is 0 Å². The summed E-state index contributed by atoms with van der Waals surface area (Å²) in [5, 5.41) is 11.2. The largest absolute Gasteiger partial charge is 0.464 e. The van der Waals surface area contributed by atoms with Crippen molar-refractivity contribution in [1.29, 1.82) is 0 Å². The number of rotatable bonds is 5. The molecule has 1 saturated heterocycles. The van der Waals surface area contributed by atoms with Gasteiger partial charge in [-0.25, -0.2) is 9.59 Å². The predicted octanol–water partition coefficient (Wildman–Crippen LogP) is 2.29. The molecule has 5 atom stereocenters. The first-order valence-corrected chi connectivity index (χ1v) is 10.1. The molecule has 4 fully saturated rings. The quantitative estimate of drug-likeness (QED) is 0.567. The SMILES string of the molecule is CCOC(=O)[C@]1([C@H](N=C2C[C@H]3C[C@H](C3(C)C)[C@@]2(C)O)C(=O)OC(C)(C)C)CO1. The lowest BCUT2D eigenvalue weighted by Crippen LogP contribution is -2.65. The van der Waals surface area contributed by atoms with Crippen LogP contribution in [0, 0.1) is 17.3 Å². The predicted molar refractivity (Wildman–Crippen MR) is 103 cm³/mol. The molecular formula is C21H33NO6. The van der Waals surface area contributed by atoms with Crippen LogP contribution in [0.1, 0.15) is 61.3 Å². The van der Waals surface area contributed by atoms with E-state index in [4.69, 9.17) is 14.2 Å². The molecule has 0 spiro atoms. The third-order valence-corrected chi connectivity index (χ3v) is 6.61. The first-order chi connectivity index (χ1) is 12.8. The standard InChI is InChI=1S/C21H33NO6/c1-8-26-17(24)21(11-27-21)15(16(23)28-18(2,3)4)22-14-10-12-9-13(19(12,5)6)20(14,7)25/h12-13,15,25H,8-11H2,1-7H3/t12-,13-,15-,20-,21-/m1/s1. The summed E-state index contributed by atoms with van der Waals surface area (Å²) in [6.45, 7) is 13.3. The summed E-state index contributed by atoms with van der Waals surface area (Å²) in [4.78, 5) is 30.1. The van der Waals surface area contributed by atoms with Crippen molar-refractivity contribution in [3.05, 3.63) is 0 Å². The maximum atomic E-state index is 13.0. The van der Waals surface area contributed by atoms with Crippen LogP contribution in [0.3, 0.4) is 0 Å². The van der Waals surface area contributed by atoms with Gasteiger partial charge in [-0.15, -0.1) is 0 Å². The fourth-order valence-corrected chi connectivity index (χ4v) is 4.72. The van der Waals surface area contributed by atoms with Gasteiger partial charge in [0.15, 0.2) is 6.04 Å². The first-order valence-electron chi connectivity index (χ1n) is 10.1. The fourth-order valence-electron chi connectivity index (χ4n) is 4.72. The molecule has 7 nitrogen and oxygen atoms in total. The maximum Gasteiger partial charge on any atom is 0.343 e. The lowest BCUT2D eigenvalue weighted by Gasteiger charge is -2.62. The average Bonchev–Trinajstić information content (AvgIpc) is 3.32. The van der Waals surface area contributed by atoms with E-state index in [9.17, 15) is 14.7 Å². The van der Waals surface area contributed by atoms with E-state index in [2.05, 4.69) is 18.8 Å². The molecule has 0 aromatic rings. The van der Waals surface area contributed by atoms with Gasteiger partial charge >= 0.3 is 11.9 Å². The highest BCUT2D eigenvalue weighted by Gasteiger charge is 2.66. The van der Waals surface area contributed by atoms with E-state index in [1.54, 1.807) is 34.6 Å². The van der Waals surface area contributed by atoms with E-state index in [0.29, 0.717) is 18.1 Å². The number of aliphatic hydroxyl groups is 1. The van der Waals surface area contributed by atoms with Crippen LogP contribution in [0.15, 0.2) is 4.99 Å². The number of carbonyl (C=O) groups is 2. The van der Waals surface area contributed by atoms with Crippen molar-refractivity contribution in [2.75, 3.05) is 13.2 Å². The Labute approximate surface area is 166 Å². The summed E-state index contributed by atoms with van der Waals surface area (Å²) in [6, 6.07) is -1.19. The normalized spacial score (nSPS) is 38.4. The Hall–Kier alpha value is -1.47. The molecule has 0 unspecified atom stereocenters. The number of nitrogens with zero attached hydrogens (tertiary/aromatic N) is 1. The second kappa shape index (κ2) is 6.52. The van der Waals surface area contributed by atoms with Crippen molar-refractivity contribution in [3.8, 4) is 0 Å². The molecule has 1 N–H and O–H groups in total. The number of hydrogen-bond acceptors (Lipinski definition) is 7. The van der Waals surface area contributed by atoms with Crippen molar-refractivity contribution >= 4 is 17.7 Å². The molecule has 0 aromatic carbocycles. The number of hydrogen-bond donors (Lipinski definition) is 1. The second-order valence-electron chi connectivity index (χ2n) is 10.1. The summed E-state index contributed by atoms with van der Waals surface area (Å²) >= 11 is 0. The lowest BCUT2D eigenvalue weighted by molar-refractivity contribution is -0.164. The zero-order valence-electron chi connectivity index (χ0n) is 18.0. The minimum absolute atomic E-state index is 0.0266. The molecule has 3 aliphatic carbocycles. The molecule has 4 rings (SSSR count). The van der Waals surface area contributed by atoms with E-state index < -0.39 is 34.8 Å². The van der Waals surface area contributed by atoms with Crippen LogP contribution in [-0.2, 0) is 23.8 Å². The summed E-state index contributed by atoms with van der Waals surface area (Å²) in [5.41, 5.74) is -2.76. The number of aliphatic imine (C=N–C) groups is 1. The Kier molecular flexibility index (Phi) is 4.95. The summed E-state index contributed by atoms with van der Waals surface area (Å²) in [7, 11) is 0. The first kappa shape index (κ1) is 21.2. The topological polar surface area (TPSA) is 97.7 Å². The number of ether oxygens (including phenoxy) is 3. The van der Waals surface area contributed by atoms with Gasteiger partial charge in [0.1, 0.15) is 11.2 Å². The van der Waals surface area contributed by atoms with Gasteiger partial charge in [-0.2, -0.15) is 0 Å².